The van der Waals surface area contributed by atoms with E-state index >= 15 is 0 Å². The fraction of sp³-hybridized carbons (Fsp3) is 0.333. The van der Waals surface area contributed by atoms with Gasteiger partial charge in [-0.1, -0.05) is 19.9 Å². The fourth-order valence-electron chi connectivity index (χ4n) is 4.35. The van der Waals surface area contributed by atoms with Crippen molar-refractivity contribution in [2.24, 2.45) is 5.92 Å². The molecule has 1 aliphatic heterocycles. The lowest BCUT2D eigenvalue weighted by Gasteiger charge is -2.25. The zero-order valence-corrected chi connectivity index (χ0v) is 22.1. The molecule has 1 amide bonds. The molecule has 0 radical (unpaired) electrons. The smallest absolute Gasteiger partial charge is 0.296 e. The van der Waals surface area contributed by atoms with Crippen LogP contribution in [0.25, 0.3) is 5.76 Å². The predicted octanol–water partition coefficient (Wildman–Crippen LogP) is 5.73. The van der Waals surface area contributed by atoms with Gasteiger partial charge in [0.2, 0.25) is 0 Å². The second-order valence-electron chi connectivity index (χ2n) is 9.41. The van der Waals surface area contributed by atoms with Crippen LogP contribution in [0.3, 0.4) is 0 Å². The number of aliphatic hydroxyl groups excluding tert-OH is 1. The van der Waals surface area contributed by atoms with Crippen molar-refractivity contribution in [2.45, 2.75) is 39.8 Å². The molecule has 8 heteroatoms. The lowest BCUT2D eigenvalue weighted by Crippen LogP contribution is -2.29. The van der Waals surface area contributed by atoms with Gasteiger partial charge in [-0.15, -0.1) is 0 Å². The summed E-state index contributed by atoms with van der Waals surface area (Å²) in [5, 5.41) is 11.3. The summed E-state index contributed by atoms with van der Waals surface area (Å²) in [5.74, 6) is 0.918. The second kappa shape index (κ2) is 11.9. The SMILES string of the molecule is CCOc1cc(C2C(=C(O)c3ccc(OC)cc3)C(=O)C(=O)N2Cc2ccco2)ccc1OCCC(C)C. The molecule has 0 saturated carbocycles. The molecular weight excluding hydrogens is 486 g/mol. The van der Waals surface area contributed by atoms with Gasteiger partial charge in [0.1, 0.15) is 17.3 Å². The molecule has 0 bridgehead atoms. The molecule has 2 aromatic carbocycles. The number of nitrogens with zero attached hydrogens (tertiary/aromatic N) is 1. The maximum Gasteiger partial charge on any atom is 0.296 e. The van der Waals surface area contributed by atoms with Crippen LogP contribution in [0.15, 0.2) is 70.9 Å². The van der Waals surface area contributed by atoms with Gasteiger partial charge in [0.25, 0.3) is 11.7 Å². The Kier molecular flexibility index (Phi) is 8.41. The second-order valence-corrected chi connectivity index (χ2v) is 9.41. The lowest BCUT2D eigenvalue weighted by molar-refractivity contribution is -0.140. The molecule has 1 unspecified atom stereocenters. The topological polar surface area (TPSA) is 98.4 Å². The molecule has 2 heterocycles. The van der Waals surface area contributed by atoms with Crippen molar-refractivity contribution in [3.05, 3.63) is 83.3 Å². The van der Waals surface area contributed by atoms with E-state index in [-0.39, 0.29) is 17.9 Å². The minimum absolute atomic E-state index is 0.0114. The van der Waals surface area contributed by atoms with E-state index in [0.29, 0.717) is 53.3 Å². The number of amides is 1. The number of ketones is 1. The first-order chi connectivity index (χ1) is 18.3. The monoisotopic (exact) mass is 519 g/mol. The fourth-order valence-corrected chi connectivity index (χ4v) is 4.35. The Hall–Kier alpha value is -4.20. The highest BCUT2D eigenvalue weighted by Gasteiger charge is 2.46. The quantitative estimate of drug-likeness (QED) is 0.196. The van der Waals surface area contributed by atoms with Crippen LogP contribution in [0.1, 0.15) is 50.1 Å². The number of methoxy groups -OCH3 is 1. The predicted molar refractivity (Wildman–Crippen MR) is 142 cm³/mol. The Balaban J connectivity index is 1.80. The van der Waals surface area contributed by atoms with E-state index in [4.69, 9.17) is 18.6 Å². The highest BCUT2D eigenvalue weighted by Crippen LogP contribution is 2.43. The minimum atomic E-state index is -0.869. The standard InChI is InChI=1S/C30H33NO7/c1-5-36-25-17-21(10-13-24(25)38-16-14-19(2)3)27-26(28(32)20-8-11-22(35-4)12-9-20)29(33)30(34)31(27)18-23-7-6-15-37-23/h6-13,15,17,19,27,32H,5,14,16,18H2,1-4H3. The molecule has 3 aromatic rings. The number of hydrogen-bond donors (Lipinski definition) is 1. The summed E-state index contributed by atoms with van der Waals surface area (Å²) >= 11 is 0. The van der Waals surface area contributed by atoms with Crippen molar-refractivity contribution in [1.29, 1.82) is 0 Å². The van der Waals surface area contributed by atoms with Gasteiger partial charge in [-0.3, -0.25) is 9.59 Å². The van der Waals surface area contributed by atoms with Crippen LogP contribution in [0.2, 0.25) is 0 Å². The van der Waals surface area contributed by atoms with Gasteiger partial charge in [-0.25, -0.2) is 0 Å². The van der Waals surface area contributed by atoms with E-state index in [9.17, 15) is 14.7 Å². The van der Waals surface area contributed by atoms with Crippen molar-refractivity contribution in [2.75, 3.05) is 20.3 Å². The summed E-state index contributed by atoms with van der Waals surface area (Å²) in [4.78, 5) is 28.0. The van der Waals surface area contributed by atoms with Crippen molar-refractivity contribution < 1.29 is 33.3 Å². The molecular formula is C30H33NO7. The van der Waals surface area contributed by atoms with Crippen LogP contribution in [-0.2, 0) is 16.1 Å². The number of Topliss-reactive ketones (excluding diaryl/α,β-unsaturated/α-hetero) is 1. The maximum atomic E-state index is 13.3. The molecule has 8 nitrogen and oxygen atoms in total. The molecule has 1 N–H and O–H groups in total. The molecule has 200 valence electrons. The average molecular weight is 520 g/mol. The highest BCUT2D eigenvalue weighted by molar-refractivity contribution is 6.46. The average Bonchev–Trinajstić information content (AvgIpc) is 3.51. The van der Waals surface area contributed by atoms with E-state index in [0.717, 1.165) is 6.42 Å². The van der Waals surface area contributed by atoms with Crippen LogP contribution in [0.5, 0.6) is 17.2 Å². The van der Waals surface area contributed by atoms with E-state index in [1.165, 1.54) is 11.2 Å². The summed E-state index contributed by atoms with van der Waals surface area (Å²) in [5.41, 5.74) is 0.985. The first-order valence-electron chi connectivity index (χ1n) is 12.7. The number of benzene rings is 2. The minimum Gasteiger partial charge on any atom is -0.507 e. The van der Waals surface area contributed by atoms with Gasteiger partial charge in [-0.05, 0) is 73.4 Å². The van der Waals surface area contributed by atoms with Gasteiger partial charge in [0.15, 0.2) is 11.5 Å². The van der Waals surface area contributed by atoms with Gasteiger partial charge < -0.3 is 28.6 Å². The number of hydrogen-bond acceptors (Lipinski definition) is 7. The van der Waals surface area contributed by atoms with E-state index in [1.807, 2.05) is 6.92 Å². The molecule has 1 aromatic heterocycles. The third kappa shape index (κ3) is 5.69. The number of likely N-dealkylation sites (tertiary alicyclic amines) is 1. The number of ether oxygens (including phenoxy) is 3. The Morgan fingerprint density at radius 3 is 2.45 bits per heavy atom. The normalized spacial score (nSPS) is 16.8. The Morgan fingerprint density at radius 2 is 1.82 bits per heavy atom. The molecule has 1 aliphatic rings. The largest absolute Gasteiger partial charge is 0.507 e. The summed E-state index contributed by atoms with van der Waals surface area (Å²) in [7, 11) is 1.54. The summed E-state index contributed by atoms with van der Waals surface area (Å²) in [6.45, 7) is 7.12. The Labute approximate surface area is 222 Å². The van der Waals surface area contributed by atoms with E-state index in [1.54, 1.807) is 61.7 Å². The molecule has 1 atom stereocenters. The third-order valence-corrected chi connectivity index (χ3v) is 6.35. The van der Waals surface area contributed by atoms with Gasteiger partial charge in [-0.2, -0.15) is 0 Å². The van der Waals surface area contributed by atoms with Crippen LogP contribution in [-0.4, -0.2) is 42.0 Å². The van der Waals surface area contributed by atoms with Crippen LogP contribution < -0.4 is 14.2 Å². The van der Waals surface area contributed by atoms with Crippen molar-refractivity contribution in [3.63, 3.8) is 0 Å². The first-order valence-corrected chi connectivity index (χ1v) is 12.7. The number of carbonyl (C=O) groups excluding carboxylic acids is 2. The van der Waals surface area contributed by atoms with Gasteiger partial charge >= 0.3 is 0 Å². The van der Waals surface area contributed by atoms with Gasteiger partial charge in [0, 0.05) is 5.56 Å². The number of carbonyl (C=O) groups is 2. The van der Waals surface area contributed by atoms with Crippen molar-refractivity contribution in [1.82, 2.24) is 4.90 Å². The highest BCUT2D eigenvalue weighted by atomic mass is 16.5. The van der Waals surface area contributed by atoms with Crippen molar-refractivity contribution in [3.8, 4) is 17.2 Å². The van der Waals surface area contributed by atoms with Crippen molar-refractivity contribution >= 4 is 17.4 Å². The van der Waals surface area contributed by atoms with Crippen LogP contribution in [0, 0.1) is 5.92 Å². The van der Waals surface area contributed by atoms with E-state index < -0.39 is 17.7 Å². The molecule has 0 spiro atoms. The zero-order chi connectivity index (χ0) is 27.2. The molecule has 38 heavy (non-hydrogen) atoms. The number of aliphatic hydroxyl groups is 1. The Bertz CT molecular complexity index is 1290. The van der Waals surface area contributed by atoms with Crippen LogP contribution in [0.4, 0.5) is 0 Å². The van der Waals surface area contributed by atoms with Gasteiger partial charge in [0.05, 0.1) is 44.7 Å². The number of rotatable bonds is 11. The lowest BCUT2D eigenvalue weighted by atomic mass is 9.95. The van der Waals surface area contributed by atoms with Crippen LogP contribution >= 0.6 is 0 Å². The molecule has 0 aliphatic carbocycles. The zero-order valence-electron chi connectivity index (χ0n) is 22.1. The molecule has 1 saturated heterocycles. The van der Waals surface area contributed by atoms with E-state index in [2.05, 4.69) is 13.8 Å². The molecule has 1 fully saturated rings. The Morgan fingerprint density at radius 1 is 1.05 bits per heavy atom. The molecule has 4 rings (SSSR count). The summed E-state index contributed by atoms with van der Waals surface area (Å²) in [6, 6.07) is 14.6. The maximum absolute atomic E-state index is 13.3. The summed E-state index contributed by atoms with van der Waals surface area (Å²) in [6.07, 6.45) is 2.40. The third-order valence-electron chi connectivity index (χ3n) is 6.35. The first kappa shape index (κ1) is 26.9. The summed E-state index contributed by atoms with van der Waals surface area (Å²) < 4.78 is 22.5. The number of furan rings is 1.